The maximum atomic E-state index is 12.6. The van der Waals surface area contributed by atoms with Crippen LogP contribution in [-0.4, -0.2) is 32.0 Å². The number of hydrogen-bond acceptors (Lipinski definition) is 3. The minimum Gasteiger partial charge on any atom is -0.354 e. The zero-order chi connectivity index (χ0) is 17.0. The fraction of sp³-hybridized carbons (Fsp3) is 0.500. The van der Waals surface area contributed by atoms with Crippen LogP contribution >= 0.6 is 0 Å². The van der Waals surface area contributed by atoms with E-state index in [4.69, 9.17) is 0 Å². The lowest BCUT2D eigenvalue weighted by Gasteiger charge is -2.14. The lowest BCUT2D eigenvalue weighted by molar-refractivity contribution is -0.142. The van der Waals surface area contributed by atoms with Gasteiger partial charge in [0.2, 0.25) is 5.91 Å². The highest BCUT2D eigenvalue weighted by molar-refractivity contribution is 5.79. The monoisotopic (exact) mass is 329 g/mol. The highest BCUT2D eigenvalue weighted by Gasteiger charge is 2.35. The maximum Gasteiger partial charge on any atom is 0.435 e. The van der Waals surface area contributed by atoms with Crippen LogP contribution in [0.1, 0.15) is 30.8 Å². The van der Waals surface area contributed by atoms with Crippen LogP contribution in [0.4, 0.5) is 13.2 Å². The van der Waals surface area contributed by atoms with Gasteiger partial charge in [-0.05, 0) is 32.4 Å². The Morgan fingerprint density at radius 2 is 2.17 bits per heavy atom. The molecule has 2 rings (SSSR count). The summed E-state index contributed by atoms with van der Waals surface area (Å²) in [7, 11) is 0. The SMILES string of the molecule is Cc1cc(C(F)(F)F)nn1C(C)C(=O)NCCCn1cccn1. The smallest absolute Gasteiger partial charge is 0.354 e. The molecule has 0 aliphatic heterocycles. The van der Waals surface area contributed by atoms with Crippen molar-refractivity contribution in [2.45, 2.75) is 39.0 Å². The standard InChI is InChI=1S/C14H18F3N5O/c1-10-9-12(14(15,16)17)20-22(10)11(2)13(23)18-5-3-7-21-8-4-6-19-21/h4,6,8-9,11H,3,5,7H2,1-2H3,(H,18,23). The van der Waals surface area contributed by atoms with Crippen molar-refractivity contribution in [1.82, 2.24) is 24.9 Å². The molecule has 2 aromatic heterocycles. The second-order valence-electron chi connectivity index (χ2n) is 5.20. The molecule has 1 atom stereocenters. The first-order valence-corrected chi connectivity index (χ1v) is 7.17. The van der Waals surface area contributed by atoms with Gasteiger partial charge in [0.05, 0.1) is 0 Å². The fourth-order valence-electron chi connectivity index (χ4n) is 2.16. The summed E-state index contributed by atoms with van der Waals surface area (Å²) in [5.41, 5.74) is -0.704. The topological polar surface area (TPSA) is 64.7 Å². The summed E-state index contributed by atoms with van der Waals surface area (Å²) in [4.78, 5) is 12.0. The summed E-state index contributed by atoms with van der Waals surface area (Å²) >= 11 is 0. The number of amides is 1. The molecule has 23 heavy (non-hydrogen) atoms. The second kappa shape index (κ2) is 6.84. The summed E-state index contributed by atoms with van der Waals surface area (Å²) in [5.74, 6) is -0.370. The minimum absolute atomic E-state index is 0.288. The molecule has 126 valence electrons. The number of hydrogen-bond donors (Lipinski definition) is 1. The third kappa shape index (κ3) is 4.33. The van der Waals surface area contributed by atoms with Crippen LogP contribution in [0.5, 0.6) is 0 Å². The van der Waals surface area contributed by atoms with E-state index in [1.54, 1.807) is 16.9 Å². The molecule has 0 aliphatic carbocycles. The van der Waals surface area contributed by atoms with E-state index in [0.29, 0.717) is 19.5 Å². The predicted molar refractivity (Wildman–Crippen MR) is 76.5 cm³/mol. The Balaban J connectivity index is 1.88. The Morgan fingerprint density at radius 3 is 2.74 bits per heavy atom. The number of nitrogens with zero attached hydrogens (tertiary/aromatic N) is 4. The van der Waals surface area contributed by atoms with Gasteiger partial charge in [-0.25, -0.2) is 0 Å². The molecule has 0 radical (unpaired) electrons. The van der Waals surface area contributed by atoms with Gasteiger partial charge in [-0.3, -0.25) is 14.2 Å². The molecule has 1 amide bonds. The minimum atomic E-state index is -4.52. The van der Waals surface area contributed by atoms with Crippen molar-refractivity contribution in [2.75, 3.05) is 6.54 Å². The highest BCUT2D eigenvalue weighted by Crippen LogP contribution is 2.29. The van der Waals surface area contributed by atoms with Gasteiger partial charge in [-0.2, -0.15) is 23.4 Å². The van der Waals surface area contributed by atoms with E-state index in [-0.39, 0.29) is 11.6 Å². The van der Waals surface area contributed by atoms with Crippen LogP contribution < -0.4 is 5.32 Å². The van der Waals surface area contributed by atoms with Gasteiger partial charge in [0.1, 0.15) is 6.04 Å². The Labute approximate surface area is 131 Å². The molecule has 9 heteroatoms. The van der Waals surface area contributed by atoms with Gasteiger partial charge in [-0.1, -0.05) is 0 Å². The zero-order valence-corrected chi connectivity index (χ0v) is 12.8. The number of carbonyl (C=O) groups excluding carboxylic acids is 1. The molecule has 0 saturated carbocycles. The van der Waals surface area contributed by atoms with Crippen molar-refractivity contribution in [1.29, 1.82) is 0 Å². The molecule has 0 saturated heterocycles. The van der Waals surface area contributed by atoms with Crippen LogP contribution in [0.15, 0.2) is 24.5 Å². The number of alkyl halides is 3. The van der Waals surface area contributed by atoms with Crippen molar-refractivity contribution in [2.24, 2.45) is 0 Å². The summed E-state index contributed by atoms with van der Waals surface area (Å²) in [5, 5.41) is 10.2. The van der Waals surface area contributed by atoms with E-state index >= 15 is 0 Å². The number of aryl methyl sites for hydroxylation is 2. The first-order chi connectivity index (χ1) is 10.8. The fourth-order valence-corrected chi connectivity index (χ4v) is 2.16. The van der Waals surface area contributed by atoms with Crippen LogP contribution in [-0.2, 0) is 17.5 Å². The maximum absolute atomic E-state index is 12.6. The molecule has 2 heterocycles. The molecule has 0 spiro atoms. The Morgan fingerprint density at radius 1 is 1.43 bits per heavy atom. The summed E-state index contributed by atoms with van der Waals surface area (Å²) in [6.07, 6.45) is -0.363. The predicted octanol–water partition coefficient (Wildman–Crippen LogP) is 2.17. The molecule has 1 N–H and O–H groups in total. The first kappa shape index (κ1) is 17.0. The van der Waals surface area contributed by atoms with Gasteiger partial charge >= 0.3 is 6.18 Å². The van der Waals surface area contributed by atoms with E-state index in [2.05, 4.69) is 15.5 Å². The first-order valence-electron chi connectivity index (χ1n) is 7.17. The van der Waals surface area contributed by atoms with Crippen molar-refractivity contribution in [3.05, 3.63) is 35.9 Å². The lowest BCUT2D eigenvalue weighted by Crippen LogP contribution is -2.33. The Kier molecular flexibility index (Phi) is 5.07. The molecule has 0 aliphatic rings. The molecular formula is C14H18F3N5O. The Hall–Kier alpha value is -2.32. The number of carbonyl (C=O) groups is 1. The third-order valence-corrected chi connectivity index (χ3v) is 3.38. The molecule has 0 fully saturated rings. The zero-order valence-electron chi connectivity index (χ0n) is 12.8. The quantitative estimate of drug-likeness (QED) is 0.826. The molecular weight excluding hydrogens is 311 g/mol. The normalized spacial score (nSPS) is 13.1. The van der Waals surface area contributed by atoms with E-state index in [1.807, 2.05) is 6.20 Å². The van der Waals surface area contributed by atoms with E-state index in [9.17, 15) is 18.0 Å². The Bertz CT molecular complexity index is 648. The number of nitrogens with one attached hydrogen (secondary N) is 1. The summed E-state index contributed by atoms with van der Waals surface area (Å²) < 4.78 is 40.8. The third-order valence-electron chi connectivity index (χ3n) is 3.38. The van der Waals surface area contributed by atoms with E-state index in [0.717, 1.165) is 10.7 Å². The van der Waals surface area contributed by atoms with Crippen molar-refractivity contribution >= 4 is 5.91 Å². The van der Waals surface area contributed by atoms with Crippen molar-refractivity contribution < 1.29 is 18.0 Å². The van der Waals surface area contributed by atoms with Crippen molar-refractivity contribution in [3.8, 4) is 0 Å². The van der Waals surface area contributed by atoms with Crippen LogP contribution in [0.25, 0.3) is 0 Å². The van der Waals surface area contributed by atoms with Crippen molar-refractivity contribution in [3.63, 3.8) is 0 Å². The largest absolute Gasteiger partial charge is 0.435 e. The van der Waals surface area contributed by atoms with Gasteiger partial charge in [0.25, 0.3) is 0 Å². The number of rotatable bonds is 6. The van der Waals surface area contributed by atoms with Crippen LogP contribution in [0.3, 0.4) is 0 Å². The number of halogens is 3. The average molecular weight is 329 g/mol. The molecule has 2 aromatic rings. The molecule has 0 aromatic carbocycles. The van der Waals surface area contributed by atoms with Crippen LogP contribution in [0, 0.1) is 6.92 Å². The molecule has 6 nitrogen and oxygen atoms in total. The van der Waals surface area contributed by atoms with E-state index < -0.39 is 17.9 Å². The van der Waals surface area contributed by atoms with Gasteiger partial charge in [0.15, 0.2) is 5.69 Å². The average Bonchev–Trinajstić information content (AvgIpc) is 3.11. The van der Waals surface area contributed by atoms with Gasteiger partial charge in [0, 0.05) is 31.2 Å². The van der Waals surface area contributed by atoms with Gasteiger partial charge < -0.3 is 5.32 Å². The second-order valence-corrected chi connectivity index (χ2v) is 5.20. The van der Waals surface area contributed by atoms with Gasteiger partial charge in [-0.15, -0.1) is 0 Å². The summed E-state index contributed by atoms with van der Waals surface area (Å²) in [6, 6.07) is 1.93. The molecule has 0 bridgehead atoms. The van der Waals surface area contributed by atoms with E-state index in [1.165, 1.54) is 13.8 Å². The lowest BCUT2D eigenvalue weighted by atomic mass is 10.3. The van der Waals surface area contributed by atoms with Crippen LogP contribution in [0.2, 0.25) is 0 Å². The summed E-state index contributed by atoms with van der Waals surface area (Å²) in [6.45, 7) is 4.07. The number of aromatic nitrogens is 4. The molecule has 1 unspecified atom stereocenters. The highest BCUT2D eigenvalue weighted by atomic mass is 19.4.